The van der Waals surface area contributed by atoms with Crippen molar-refractivity contribution in [3.8, 4) is 0 Å². The second-order valence-corrected chi connectivity index (χ2v) is 3.92. The zero-order chi connectivity index (χ0) is 9.80. The van der Waals surface area contributed by atoms with Gasteiger partial charge in [-0.05, 0) is 25.1 Å². The van der Waals surface area contributed by atoms with Gasteiger partial charge in [0.05, 0.1) is 0 Å². The lowest BCUT2D eigenvalue weighted by Crippen LogP contribution is -2.28. The van der Waals surface area contributed by atoms with Gasteiger partial charge in [-0.1, -0.05) is 6.07 Å². The standard InChI is InChI=1S/C11H17N3/c12-10-4-7-14(9-10)8-5-11-3-1-2-6-13-11/h1-3,6,10H,4-5,7-9,12H2/t10-/m1/s1. The monoisotopic (exact) mass is 191 g/mol. The van der Waals surface area contributed by atoms with Crippen molar-refractivity contribution in [3.63, 3.8) is 0 Å². The van der Waals surface area contributed by atoms with Crippen LogP contribution in [-0.2, 0) is 6.42 Å². The van der Waals surface area contributed by atoms with Gasteiger partial charge in [0, 0.05) is 37.4 Å². The normalized spacial score (nSPS) is 22.8. The molecule has 0 radical (unpaired) electrons. The zero-order valence-electron chi connectivity index (χ0n) is 8.39. The van der Waals surface area contributed by atoms with E-state index in [1.54, 1.807) is 0 Å². The minimum atomic E-state index is 0.388. The Morgan fingerprint density at radius 3 is 3.07 bits per heavy atom. The average molecular weight is 191 g/mol. The summed E-state index contributed by atoms with van der Waals surface area (Å²) in [7, 11) is 0. The van der Waals surface area contributed by atoms with Crippen LogP contribution in [-0.4, -0.2) is 35.6 Å². The molecule has 0 saturated carbocycles. The summed E-state index contributed by atoms with van der Waals surface area (Å²) in [6, 6.07) is 6.46. The topological polar surface area (TPSA) is 42.1 Å². The molecule has 2 N–H and O–H groups in total. The predicted octanol–water partition coefficient (Wildman–Crippen LogP) is 0.657. The first kappa shape index (κ1) is 9.62. The molecule has 1 saturated heterocycles. The molecule has 3 nitrogen and oxygen atoms in total. The SMILES string of the molecule is N[C@@H]1CCN(CCc2ccccn2)C1. The molecule has 14 heavy (non-hydrogen) atoms. The number of nitrogens with two attached hydrogens (primary N) is 1. The van der Waals surface area contributed by atoms with Gasteiger partial charge in [-0.2, -0.15) is 0 Å². The molecule has 1 fully saturated rings. The Kier molecular flexibility index (Phi) is 3.11. The van der Waals surface area contributed by atoms with Crippen LogP contribution in [0.1, 0.15) is 12.1 Å². The van der Waals surface area contributed by atoms with Gasteiger partial charge in [-0.15, -0.1) is 0 Å². The Balaban J connectivity index is 1.78. The first-order valence-electron chi connectivity index (χ1n) is 5.22. The molecule has 0 aliphatic carbocycles. The third-order valence-electron chi connectivity index (χ3n) is 2.72. The average Bonchev–Trinajstić information content (AvgIpc) is 2.63. The smallest absolute Gasteiger partial charge is 0.0416 e. The number of aromatic nitrogens is 1. The molecule has 1 atom stereocenters. The predicted molar refractivity (Wildman–Crippen MR) is 57.0 cm³/mol. The van der Waals surface area contributed by atoms with Gasteiger partial charge in [0.1, 0.15) is 0 Å². The first-order valence-corrected chi connectivity index (χ1v) is 5.22. The molecule has 1 aliphatic rings. The van der Waals surface area contributed by atoms with Gasteiger partial charge in [0.15, 0.2) is 0 Å². The minimum absolute atomic E-state index is 0.388. The molecule has 0 spiro atoms. The maximum atomic E-state index is 5.84. The second-order valence-electron chi connectivity index (χ2n) is 3.92. The molecule has 2 rings (SSSR count). The van der Waals surface area contributed by atoms with E-state index < -0.39 is 0 Å². The number of hydrogen-bond donors (Lipinski definition) is 1. The van der Waals surface area contributed by atoms with Crippen LogP contribution in [0.15, 0.2) is 24.4 Å². The van der Waals surface area contributed by atoms with Gasteiger partial charge >= 0.3 is 0 Å². The van der Waals surface area contributed by atoms with Crippen LogP contribution in [0.5, 0.6) is 0 Å². The van der Waals surface area contributed by atoms with Crippen molar-refractivity contribution in [2.24, 2.45) is 5.73 Å². The maximum absolute atomic E-state index is 5.84. The van der Waals surface area contributed by atoms with Gasteiger partial charge in [0.2, 0.25) is 0 Å². The molecular weight excluding hydrogens is 174 g/mol. The van der Waals surface area contributed by atoms with E-state index in [4.69, 9.17) is 5.73 Å². The van der Waals surface area contributed by atoms with Crippen molar-refractivity contribution in [2.75, 3.05) is 19.6 Å². The quantitative estimate of drug-likeness (QED) is 0.763. The third-order valence-corrected chi connectivity index (χ3v) is 2.72. The largest absolute Gasteiger partial charge is 0.326 e. The summed E-state index contributed by atoms with van der Waals surface area (Å²) in [5.74, 6) is 0. The fourth-order valence-corrected chi connectivity index (χ4v) is 1.88. The molecule has 0 amide bonds. The molecule has 3 heteroatoms. The van der Waals surface area contributed by atoms with Crippen LogP contribution >= 0.6 is 0 Å². The van der Waals surface area contributed by atoms with Crippen molar-refractivity contribution in [3.05, 3.63) is 30.1 Å². The number of likely N-dealkylation sites (tertiary alicyclic amines) is 1. The summed E-state index contributed by atoms with van der Waals surface area (Å²) >= 11 is 0. The molecule has 0 bridgehead atoms. The van der Waals surface area contributed by atoms with Gasteiger partial charge in [-0.3, -0.25) is 4.98 Å². The van der Waals surface area contributed by atoms with E-state index in [-0.39, 0.29) is 0 Å². The zero-order valence-corrected chi connectivity index (χ0v) is 8.39. The van der Waals surface area contributed by atoms with Crippen molar-refractivity contribution >= 4 is 0 Å². The van der Waals surface area contributed by atoms with Crippen molar-refractivity contribution in [1.82, 2.24) is 9.88 Å². The van der Waals surface area contributed by atoms with E-state index in [1.807, 2.05) is 18.3 Å². The van der Waals surface area contributed by atoms with Crippen molar-refractivity contribution in [1.29, 1.82) is 0 Å². The van der Waals surface area contributed by atoms with Gasteiger partial charge < -0.3 is 10.6 Å². The Morgan fingerprint density at radius 2 is 2.43 bits per heavy atom. The Labute approximate surface area is 84.9 Å². The van der Waals surface area contributed by atoms with Gasteiger partial charge in [-0.25, -0.2) is 0 Å². The molecule has 1 aromatic rings. The third kappa shape index (κ3) is 2.53. The van der Waals surface area contributed by atoms with E-state index in [0.717, 1.165) is 32.5 Å². The van der Waals surface area contributed by atoms with Crippen LogP contribution in [0, 0.1) is 0 Å². The van der Waals surface area contributed by atoms with Crippen LogP contribution in [0.2, 0.25) is 0 Å². The van der Waals surface area contributed by atoms with E-state index >= 15 is 0 Å². The molecule has 0 aromatic carbocycles. The molecule has 1 aliphatic heterocycles. The summed E-state index contributed by atoms with van der Waals surface area (Å²) in [6.07, 6.45) is 4.03. The number of nitrogens with zero attached hydrogens (tertiary/aromatic N) is 2. The van der Waals surface area contributed by atoms with E-state index in [0.29, 0.717) is 6.04 Å². The molecule has 0 unspecified atom stereocenters. The molecular formula is C11H17N3. The number of hydrogen-bond acceptors (Lipinski definition) is 3. The highest BCUT2D eigenvalue weighted by atomic mass is 15.2. The van der Waals surface area contributed by atoms with Gasteiger partial charge in [0.25, 0.3) is 0 Å². The van der Waals surface area contributed by atoms with Crippen LogP contribution in [0.3, 0.4) is 0 Å². The van der Waals surface area contributed by atoms with Crippen molar-refractivity contribution < 1.29 is 0 Å². The Morgan fingerprint density at radius 1 is 1.50 bits per heavy atom. The summed E-state index contributed by atoms with van der Waals surface area (Å²) in [5, 5.41) is 0. The lowest BCUT2D eigenvalue weighted by atomic mass is 10.2. The highest BCUT2D eigenvalue weighted by molar-refractivity contribution is 5.03. The Hall–Kier alpha value is -0.930. The molecule has 2 heterocycles. The van der Waals surface area contributed by atoms with Crippen LogP contribution in [0.4, 0.5) is 0 Å². The highest BCUT2D eigenvalue weighted by Gasteiger charge is 2.18. The van der Waals surface area contributed by atoms with Crippen LogP contribution in [0.25, 0.3) is 0 Å². The second kappa shape index (κ2) is 4.53. The fraction of sp³-hybridized carbons (Fsp3) is 0.545. The highest BCUT2D eigenvalue weighted by Crippen LogP contribution is 2.07. The molecule has 76 valence electrons. The van der Waals surface area contributed by atoms with Crippen LogP contribution < -0.4 is 5.73 Å². The Bertz CT molecular complexity index is 273. The fourth-order valence-electron chi connectivity index (χ4n) is 1.88. The lowest BCUT2D eigenvalue weighted by Gasteiger charge is -2.14. The minimum Gasteiger partial charge on any atom is -0.326 e. The van der Waals surface area contributed by atoms with E-state index in [2.05, 4.69) is 16.0 Å². The summed E-state index contributed by atoms with van der Waals surface area (Å²) < 4.78 is 0. The van der Waals surface area contributed by atoms with E-state index in [1.165, 1.54) is 5.69 Å². The van der Waals surface area contributed by atoms with E-state index in [9.17, 15) is 0 Å². The number of pyridine rings is 1. The summed E-state index contributed by atoms with van der Waals surface area (Å²) in [5.41, 5.74) is 7.01. The summed E-state index contributed by atoms with van der Waals surface area (Å²) in [4.78, 5) is 6.72. The lowest BCUT2D eigenvalue weighted by molar-refractivity contribution is 0.337. The first-order chi connectivity index (χ1) is 6.84. The number of rotatable bonds is 3. The summed E-state index contributed by atoms with van der Waals surface area (Å²) in [6.45, 7) is 3.28. The molecule has 1 aromatic heterocycles. The van der Waals surface area contributed by atoms with Crippen molar-refractivity contribution in [2.45, 2.75) is 18.9 Å². The maximum Gasteiger partial charge on any atom is 0.0416 e.